The summed E-state index contributed by atoms with van der Waals surface area (Å²) < 4.78 is 1.74. The van der Waals surface area contributed by atoms with Gasteiger partial charge in [0.1, 0.15) is 11.6 Å². The highest BCUT2D eigenvalue weighted by Crippen LogP contribution is 2.19. The van der Waals surface area contributed by atoms with E-state index in [-0.39, 0.29) is 17.2 Å². The van der Waals surface area contributed by atoms with Gasteiger partial charge < -0.3 is 10.4 Å². The minimum atomic E-state index is -0.364. The zero-order valence-electron chi connectivity index (χ0n) is 12.7. The molecule has 0 unspecified atom stereocenters. The second-order valence-corrected chi connectivity index (χ2v) is 5.29. The third kappa shape index (κ3) is 3.40. The van der Waals surface area contributed by atoms with Gasteiger partial charge in [0.25, 0.3) is 5.91 Å². The number of para-hydroxylation sites is 1. The van der Waals surface area contributed by atoms with E-state index < -0.39 is 0 Å². The molecule has 1 amide bonds. The molecule has 1 heterocycles. The minimum absolute atomic E-state index is 0.0455. The number of carbonyl (C=O) groups is 1. The van der Waals surface area contributed by atoms with Crippen LogP contribution in [-0.4, -0.2) is 20.8 Å². The Hall–Kier alpha value is -3.08. The van der Waals surface area contributed by atoms with Crippen LogP contribution >= 0.6 is 0 Å². The van der Waals surface area contributed by atoms with Crippen molar-refractivity contribution in [3.8, 4) is 5.75 Å². The Morgan fingerprint density at radius 2 is 1.83 bits per heavy atom. The van der Waals surface area contributed by atoms with Crippen molar-refractivity contribution in [2.45, 2.75) is 13.5 Å². The Bertz CT molecular complexity index is 825. The van der Waals surface area contributed by atoms with Crippen molar-refractivity contribution in [3.05, 3.63) is 77.5 Å². The van der Waals surface area contributed by atoms with E-state index in [1.54, 1.807) is 28.9 Å². The van der Waals surface area contributed by atoms with Crippen LogP contribution in [0.15, 0.2) is 60.7 Å². The summed E-state index contributed by atoms with van der Waals surface area (Å²) in [7, 11) is 0. The molecule has 0 radical (unpaired) electrons. The first-order valence-electron chi connectivity index (χ1n) is 7.31. The standard InChI is InChI=1S/C18H17N3O2/c1-13-11-17(19-18(23)15-9-5-6-10-16(15)22)21(20-13)12-14-7-3-2-4-8-14/h2-11,22H,12H2,1H3,(H,19,23). The molecule has 5 nitrogen and oxygen atoms in total. The first kappa shape index (κ1) is 14.8. The van der Waals surface area contributed by atoms with Crippen LogP contribution in [0.5, 0.6) is 5.75 Å². The maximum atomic E-state index is 12.3. The van der Waals surface area contributed by atoms with Crippen LogP contribution < -0.4 is 5.32 Å². The van der Waals surface area contributed by atoms with E-state index in [2.05, 4.69) is 10.4 Å². The number of benzene rings is 2. The highest BCUT2D eigenvalue weighted by atomic mass is 16.3. The fourth-order valence-electron chi connectivity index (χ4n) is 2.37. The van der Waals surface area contributed by atoms with Crippen molar-refractivity contribution < 1.29 is 9.90 Å². The van der Waals surface area contributed by atoms with Gasteiger partial charge in [0.15, 0.2) is 0 Å². The first-order chi connectivity index (χ1) is 11.1. The average Bonchev–Trinajstić information content (AvgIpc) is 2.88. The molecule has 2 aromatic carbocycles. The van der Waals surface area contributed by atoms with E-state index in [4.69, 9.17) is 0 Å². The molecule has 1 aromatic heterocycles. The lowest BCUT2D eigenvalue weighted by atomic mass is 10.2. The van der Waals surface area contributed by atoms with Crippen molar-refractivity contribution in [2.24, 2.45) is 0 Å². The molecule has 0 fully saturated rings. The molecule has 2 N–H and O–H groups in total. The van der Waals surface area contributed by atoms with E-state index in [1.165, 1.54) is 6.07 Å². The molecule has 0 aliphatic carbocycles. The number of hydrogen-bond acceptors (Lipinski definition) is 3. The van der Waals surface area contributed by atoms with Gasteiger partial charge in [0.2, 0.25) is 0 Å². The Morgan fingerprint density at radius 1 is 1.13 bits per heavy atom. The number of amides is 1. The molecule has 0 aliphatic heterocycles. The molecule has 23 heavy (non-hydrogen) atoms. The molecular weight excluding hydrogens is 290 g/mol. The number of hydrogen-bond donors (Lipinski definition) is 2. The molecule has 0 aliphatic rings. The van der Waals surface area contributed by atoms with Gasteiger partial charge in [-0.2, -0.15) is 5.10 Å². The Balaban J connectivity index is 1.83. The third-order valence-electron chi connectivity index (χ3n) is 3.47. The summed E-state index contributed by atoms with van der Waals surface area (Å²) in [5, 5.41) is 17.0. The number of rotatable bonds is 4. The Kier molecular flexibility index (Phi) is 4.10. The smallest absolute Gasteiger partial charge is 0.260 e. The van der Waals surface area contributed by atoms with Crippen LogP contribution in [0.2, 0.25) is 0 Å². The van der Waals surface area contributed by atoms with Crippen LogP contribution in [-0.2, 0) is 6.54 Å². The summed E-state index contributed by atoms with van der Waals surface area (Å²) in [6, 6.07) is 18.2. The second-order valence-electron chi connectivity index (χ2n) is 5.29. The fourth-order valence-corrected chi connectivity index (χ4v) is 2.37. The number of nitrogens with one attached hydrogen (secondary N) is 1. The largest absolute Gasteiger partial charge is 0.507 e. The van der Waals surface area contributed by atoms with Crippen molar-refractivity contribution in [1.82, 2.24) is 9.78 Å². The minimum Gasteiger partial charge on any atom is -0.507 e. The summed E-state index contributed by atoms with van der Waals surface area (Å²) in [6.07, 6.45) is 0. The molecule has 0 bridgehead atoms. The number of aromatic nitrogens is 2. The molecule has 0 atom stereocenters. The lowest BCUT2D eigenvalue weighted by Gasteiger charge is -2.10. The van der Waals surface area contributed by atoms with Crippen LogP contribution in [0, 0.1) is 6.92 Å². The van der Waals surface area contributed by atoms with Gasteiger partial charge in [0.05, 0.1) is 17.8 Å². The van der Waals surface area contributed by atoms with Gasteiger partial charge in [-0.05, 0) is 24.6 Å². The molecule has 0 saturated heterocycles. The molecule has 116 valence electrons. The van der Waals surface area contributed by atoms with Gasteiger partial charge in [0, 0.05) is 6.07 Å². The Labute approximate surface area is 134 Å². The number of aromatic hydroxyl groups is 1. The number of aryl methyl sites for hydroxylation is 1. The Morgan fingerprint density at radius 3 is 2.57 bits per heavy atom. The van der Waals surface area contributed by atoms with Crippen LogP contribution in [0.1, 0.15) is 21.6 Å². The molecule has 0 spiro atoms. The lowest BCUT2D eigenvalue weighted by Crippen LogP contribution is -2.16. The topological polar surface area (TPSA) is 67.2 Å². The maximum Gasteiger partial charge on any atom is 0.260 e. The fraction of sp³-hybridized carbons (Fsp3) is 0.111. The number of phenols is 1. The van der Waals surface area contributed by atoms with Gasteiger partial charge >= 0.3 is 0 Å². The molecule has 5 heteroatoms. The van der Waals surface area contributed by atoms with Crippen LogP contribution in [0.4, 0.5) is 5.82 Å². The van der Waals surface area contributed by atoms with Crippen molar-refractivity contribution in [2.75, 3.05) is 5.32 Å². The lowest BCUT2D eigenvalue weighted by molar-refractivity contribution is 0.102. The molecule has 3 rings (SSSR count). The third-order valence-corrected chi connectivity index (χ3v) is 3.47. The zero-order chi connectivity index (χ0) is 16.2. The van der Waals surface area contributed by atoms with E-state index in [0.29, 0.717) is 12.4 Å². The first-order valence-corrected chi connectivity index (χ1v) is 7.31. The zero-order valence-corrected chi connectivity index (χ0v) is 12.7. The van der Waals surface area contributed by atoms with E-state index in [1.807, 2.05) is 37.3 Å². The summed E-state index contributed by atoms with van der Waals surface area (Å²) >= 11 is 0. The predicted octanol–water partition coefficient (Wildman–Crippen LogP) is 3.20. The van der Waals surface area contributed by atoms with Crippen molar-refractivity contribution >= 4 is 11.7 Å². The van der Waals surface area contributed by atoms with Crippen LogP contribution in [0.25, 0.3) is 0 Å². The highest BCUT2D eigenvalue weighted by Gasteiger charge is 2.14. The monoisotopic (exact) mass is 307 g/mol. The number of carbonyl (C=O) groups excluding carboxylic acids is 1. The summed E-state index contributed by atoms with van der Waals surface area (Å²) in [5.41, 5.74) is 2.14. The van der Waals surface area contributed by atoms with Gasteiger partial charge in [-0.15, -0.1) is 0 Å². The number of anilines is 1. The maximum absolute atomic E-state index is 12.3. The summed E-state index contributed by atoms with van der Waals surface area (Å²) in [5.74, 6) is 0.188. The van der Waals surface area contributed by atoms with E-state index in [9.17, 15) is 9.90 Å². The quantitative estimate of drug-likeness (QED) is 0.778. The number of nitrogens with zero attached hydrogens (tertiary/aromatic N) is 2. The highest BCUT2D eigenvalue weighted by molar-refractivity contribution is 6.05. The van der Waals surface area contributed by atoms with Crippen molar-refractivity contribution in [1.29, 1.82) is 0 Å². The second kappa shape index (κ2) is 6.36. The van der Waals surface area contributed by atoms with Gasteiger partial charge in [-0.1, -0.05) is 42.5 Å². The molecule has 0 saturated carbocycles. The van der Waals surface area contributed by atoms with Gasteiger partial charge in [-0.25, -0.2) is 4.68 Å². The predicted molar refractivity (Wildman–Crippen MR) is 88.6 cm³/mol. The van der Waals surface area contributed by atoms with E-state index >= 15 is 0 Å². The molecule has 3 aromatic rings. The van der Waals surface area contributed by atoms with Crippen molar-refractivity contribution in [3.63, 3.8) is 0 Å². The average molecular weight is 307 g/mol. The number of phenolic OH excluding ortho intramolecular Hbond substituents is 1. The summed E-state index contributed by atoms with van der Waals surface area (Å²) in [6.45, 7) is 2.43. The van der Waals surface area contributed by atoms with Gasteiger partial charge in [-0.3, -0.25) is 4.79 Å². The van der Waals surface area contributed by atoms with E-state index in [0.717, 1.165) is 11.3 Å². The summed E-state index contributed by atoms with van der Waals surface area (Å²) in [4.78, 5) is 12.3. The molecular formula is C18H17N3O2. The SMILES string of the molecule is Cc1cc(NC(=O)c2ccccc2O)n(Cc2ccccc2)n1. The normalized spacial score (nSPS) is 10.5. The van der Waals surface area contributed by atoms with Crippen LogP contribution in [0.3, 0.4) is 0 Å².